The van der Waals surface area contributed by atoms with Crippen molar-refractivity contribution >= 4 is 53.0 Å². The molecule has 3 atom stereocenters. The normalized spacial score (nSPS) is 15.6. The summed E-state index contributed by atoms with van der Waals surface area (Å²) in [7, 11) is 0. The molecular formula is C33H35N3O12. The van der Waals surface area contributed by atoms with Crippen LogP contribution in [0, 0.1) is 11.8 Å². The predicted molar refractivity (Wildman–Crippen MR) is 166 cm³/mol. The molecule has 15 heteroatoms. The number of aliphatic carboxylic acids is 1. The summed E-state index contributed by atoms with van der Waals surface area (Å²) in [4.78, 5) is 104. The monoisotopic (exact) mass is 665 g/mol. The highest BCUT2D eigenvalue weighted by Crippen LogP contribution is 2.43. The number of hydrogen-bond acceptors (Lipinski definition) is 12. The van der Waals surface area contributed by atoms with Crippen molar-refractivity contribution in [3.05, 3.63) is 59.8 Å². The summed E-state index contributed by atoms with van der Waals surface area (Å²) in [5.74, 6) is -12.1. The molecule has 2 amide bonds. The number of carbonyl (C=O) groups excluding carboxylic acids is 7. The van der Waals surface area contributed by atoms with E-state index >= 15 is 0 Å². The Balaban J connectivity index is 2.30. The van der Waals surface area contributed by atoms with Crippen LogP contribution in [0.4, 0.5) is 0 Å². The minimum Gasteiger partial charge on any atom is -0.475 e. The first-order chi connectivity index (χ1) is 22.4. The van der Waals surface area contributed by atoms with Crippen molar-refractivity contribution in [2.24, 2.45) is 17.6 Å². The van der Waals surface area contributed by atoms with Gasteiger partial charge in [0.1, 0.15) is 12.0 Å². The van der Waals surface area contributed by atoms with Crippen molar-refractivity contribution in [3.63, 3.8) is 0 Å². The van der Waals surface area contributed by atoms with Crippen molar-refractivity contribution in [1.29, 1.82) is 0 Å². The van der Waals surface area contributed by atoms with Crippen LogP contribution in [0.25, 0.3) is 5.70 Å². The third-order valence-corrected chi connectivity index (χ3v) is 7.13. The van der Waals surface area contributed by atoms with Gasteiger partial charge in [0, 0.05) is 45.5 Å². The molecule has 1 heterocycles. The van der Waals surface area contributed by atoms with E-state index in [-0.39, 0.29) is 16.8 Å². The molecule has 1 aliphatic heterocycles. The zero-order valence-corrected chi connectivity index (χ0v) is 27.0. The maximum atomic E-state index is 14.2. The Labute approximate surface area is 275 Å². The Kier molecular flexibility index (Phi) is 11.7. The van der Waals surface area contributed by atoms with Gasteiger partial charge in [0.05, 0.1) is 12.2 Å². The van der Waals surface area contributed by atoms with Gasteiger partial charge >= 0.3 is 23.9 Å². The van der Waals surface area contributed by atoms with Gasteiger partial charge < -0.3 is 34.9 Å². The second-order valence-electron chi connectivity index (χ2n) is 11.2. The van der Waals surface area contributed by atoms with Crippen LogP contribution in [0.3, 0.4) is 0 Å². The second-order valence-corrected chi connectivity index (χ2v) is 11.2. The summed E-state index contributed by atoms with van der Waals surface area (Å²) < 4.78 is 15.7. The van der Waals surface area contributed by atoms with Crippen molar-refractivity contribution in [3.8, 4) is 17.2 Å². The maximum Gasteiger partial charge on any atom is 0.373 e. The molecule has 0 aliphatic carbocycles. The van der Waals surface area contributed by atoms with E-state index in [1.165, 1.54) is 25.3 Å². The number of nitrogens with two attached hydrogens (primary N) is 1. The lowest BCUT2D eigenvalue weighted by Gasteiger charge is -2.41. The van der Waals surface area contributed by atoms with Gasteiger partial charge in [-0.25, -0.2) is 4.79 Å². The number of ether oxygens (including phenoxy) is 3. The lowest BCUT2D eigenvalue weighted by molar-refractivity contribution is -0.154. The smallest absolute Gasteiger partial charge is 0.373 e. The number of hydrogen-bond donors (Lipinski definition) is 2. The molecule has 0 fully saturated rings. The van der Waals surface area contributed by atoms with E-state index in [9.17, 15) is 43.5 Å². The molecule has 0 aromatic heterocycles. The summed E-state index contributed by atoms with van der Waals surface area (Å²) in [6, 6.07) is 7.59. The average molecular weight is 666 g/mol. The number of amides is 2. The highest BCUT2D eigenvalue weighted by atomic mass is 16.6. The van der Waals surface area contributed by atoms with Gasteiger partial charge in [-0.1, -0.05) is 44.2 Å². The van der Waals surface area contributed by atoms with Gasteiger partial charge in [-0.05, 0) is 23.6 Å². The molecule has 48 heavy (non-hydrogen) atoms. The molecular weight excluding hydrogens is 630 g/mol. The molecule has 3 N–H and O–H groups in total. The zero-order valence-electron chi connectivity index (χ0n) is 27.0. The molecule has 0 saturated heterocycles. The van der Waals surface area contributed by atoms with Crippen LogP contribution < -0.4 is 19.9 Å². The maximum absolute atomic E-state index is 14.2. The van der Waals surface area contributed by atoms with E-state index in [2.05, 4.69) is 0 Å². The van der Waals surface area contributed by atoms with E-state index in [1.807, 2.05) is 0 Å². The first-order valence-electron chi connectivity index (χ1n) is 14.6. The molecule has 1 unspecified atom stereocenters. The average Bonchev–Trinajstić information content (AvgIpc) is 2.98. The van der Waals surface area contributed by atoms with Gasteiger partial charge in [-0.15, -0.1) is 0 Å². The van der Waals surface area contributed by atoms with Crippen LogP contribution in [0.2, 0.25) is 0 Å². The molecule has 0 spiro atoms. The van der Waals surface area contributed by atoms with Crippen LogP contribution in [0.5, 0.6) is 17.2 Å². The molecule has 2 aromatic rings. The molecule has 0 radical (unpaired) electrons. The third-order valence-electron chi connectivity index (χ3n) is 7.13. The van der Waals surface area contributed by atoms with E-state index in [0.29, 0.717) is 0 Å². The van der Waals surface area contributed by atoms with Crippen LogP contribution in [0.1, 0.15) is 58.7 Å². The van der Waals surface area contributed by atoms with Crippen molar-refractivity contribution in [2.45, 2.75) is 53.6 Å². The van der Waals surface area contributed by atoms with Crippen LogP contribution in [0.15, 0.2) is 48.7 Å². The number of carbonyl (C=O) groups is 8. The fraction of sp³-hybridized carbons (Fsp3) is 0.333. The summed E-state index contributed by atoms with van der Waals surface area (Å²) >= 11 is 0. The predicted octanol–water partition coefficient (Wildman–Crippen LogP) is 2.02. The van der Waals surface area contributed by atoms with Gasteiger partial charge in [0.2, 0.25) is 11.7 Å². The largest absolute Gasteiger partial charge is 0.475 e. The number of rotatable bonds is 12. The Morgan fingerprint density at radius 1 is 0.854 bits per heavy atom. The highest BCUT2D eigenvalue weighted by molar-refractivity contribution is 6.38. The molecule has 1 aliphatic rings. The number of nitrogens with zero attached hydrogens (tertiary/aromatic N) is 2. The van der Waals surface area contributed by atoms with Crippen molar-refractivity contribution < 1.29 is 57.7 Å². The number of carboxylic acid groups (broad SMARTS) is 1. The Morgan fingerprint density at radius 3 is 1.81 bits per heavy atom. The first kappa shape index (κ1) is 36.8. The van der Waals surface area contributed by atoms with E-state index in [4.69, 9.17) is 19.9 Å². The molecule has 254 valence electrons. The summed E-state index contributed by atoms with van der Waals surface area (Å²) in [5, 5.41) is 9.58. The van der Waals surface area contributed by atoms with Crippen LogP contribution in [-0.2, 0) is 38.4 Å². The Morgan fingerprint density at radius 2 is 1.38 bits per heavy atom. The summed E-state index contributed by atoms with van der Waals surface area (Å²) in [6.07, 6.45) is 1.24. The van der Waals surface area contributed by atoms with Gasteiger partial charge in [0.25, 0.3) is 11.7 Å². The molecule has 0 saturated carbocycles. The minimum absolute atomic E-state index is 0.0681. The second kappa shape index (κ2) is 15.3. The lowest BCUT2D eigenvalue weighted by Crippen LogP contribution is -2.56. The number of carboxylic acids is 1. The van der Waals surface area contributed by atoms with Crippen molar-refractivity contribution in [2.75, 3.05) is 6.54 Å². The zero-order chi connectivity index (χ0) is 36.0. The molecule has 0 bridgehead atoms. The molecule has 3 rings (SSSR count). The van der Waals surface area contributed by atoms with Gasteiger partial charge in [0.15, 0.2) is 17.3 Å². The SMILES string of the molecule is CC(=O)Oc1cc(C2=CN(C(C)=O)[C@@H](C(C)C)C(=O)N2CC(=O)[C@@H](C(=O)C(=O)O)C(N)c2ccccc2)cc(OC(C)=O)c1OC(C)=O. The lowest BCUT2D eigenvalue weighted by atomic mass is 9.86. The fourth-order valence-electron chi connectivity index (χ4n) is 5.16. The van der Waals surface area contributed by atoms with Gasteiger partial charge in [-0.2, -0.15) is 0 Å². The number of ketones is 2. The summed E-state index contributed by atoms with van der Waals surface area (Å²) in [5.41, 5.74) is 6.32. The standard InChI is InChI=1S/C33H35N3O12/c1-16(2)29-32(43)36(15-24(41)27(30(42)33(44)45)28(34)21-10-8-7-9-11-21)23(14-35(29)17(3)37)22-12-25(46-18(4)38)31(48-20(6)40)26(13-22)47-19(5)39/h7-14,16,27-29H,15,34H2,1-6H3,(H,44,45)/t27-,28?,29+/m1/s1. The Bertz CT molecular complexity index is 1660. The quantitative estimate of drug-likeness (QED) is 0.144. The topological polar surface area (TPSA) is 217 Å². The third kappa shape index (κ3) is 8.36. The molecule has 15 nitrogen and oxygen atoms in total. The van der Waals surface area contributed by atoms with E-state index in [0.717, 1.165) is 42.7 Å². The minimum atomic E-state index is -1.93. The first-order valence-corrected chi connectivity index (χ1v) is 14.6. The number of Topliss-reactive ketones (excluding diaryl/α,β-unsaturated/α-hetero) is 2. The number of benzene rings is 2. The van der Waals surface area contributed by atoms with Crippen LogP contribution in [-0.4, -0.2) is 74.8 Å². The highest BCUT2D eigenvalue weighted by Gasteiger charge is 2.44. The van der Waals surface area contributed by atoms with E-state index < -0.39 is 95.0 Å². The van der Waals surface area contributed by atoms with Crippen LogP contribution >= 0.6 is 0 Å². The summed E-state index contributed by atoms with van der Waals surface area (Å²) in [6.45, 7) is 6.77. The van der Waals surface area contributed by atoms with Gasteiger partial charge in [-0.3, -0.25) is 33.6 Å². The van der Waals surface area contributed by atoms with E-state index in [1.54, 1.807) is 32.0 Å². The van der Waals surface area contributed by atoms with Crippen molar-refractivity contribution in [1.82, 2.24) is 9.80 Å². The fourth-order valence-corrected chi connectivity index (χ4v) is 5.16. The number of esters is 3. The molecule has 2 aromatic carbocycles. The Hall–Kier alpha value is -5.70.